The standard InChI is InChI=1S/C17H20ClN7O3/c1-8(2)12(7-26)20-17-21-14(13-15(22-17)25(3)24-23-13)19-9-4-5-10(16(27)28)11(18)6-9/h4-6,8,12,26H,7H2,1-3H3,(H,27,28)(H2,19,20,21,22). The van der Waals surface area contributed by atoms with Crippen molar-refractivity contribution < 1.29 is 15.0 Å². The molecular weight excluding hydrogens is 386 g/mol. The van der Waals surface area contributed by atoms with Crippen LogP contribution in [0.1, 0.15) is 24.2 Å². The number of carbonyl (C=O) groups is 1. The molecule has 0 fully saturated rings. The predicted octanol–water partition coefficient (Wildman–Crippen LogP) is 2.28. The number of aliphatic hydroxyl groups excluding tert-OH is 1. The van der Waals surface area contributed by atoms with E-state index in [9.17, 15) is 9.90 Å². The highest BCUT2D eigenvalue weighted by atomic mass is 35.5. The molecule has 28 heavy (non-hydrogen) atoms. The van der Waals surface area contributed by atoms with Crippen LogP contribution < -0.4 is 10.6 Å². The lowest BCUT2D eigenvalue weighted by Gasteiger charge is -2.20. The summed E-state index contributed by atoms with van der Waals surface area (Å²) in [4.78, 5) is 20.0. The molecule has 0 radical (unpaired) electrons. The molecule has 148 valence electrons. The monoisotopic (exact) mass is 405 g/mol. The summed E-state index contributed by atoms with van der Waals surface area (Å²) in [6, 6.07) is 4.25. The van der Waals surface area contributed by atoms with Gasteiger partial charge in [-0.3, -0.25) is 0 Å². The van der Waals surface area contributed by atoms with E-state index in [-0.39, 0.29) is 29.2 Å². The van der Waals surface area contributed by atoms with Crippen LogP contribution in [0.5, 0.6) is 0 Å². The van der Waals surface area contributed by atoms with Gasteiger partial charge in [-0.15, -0.1) is 5.10 Å². The zero-order chi connectivity index (χ0) is 20.4. The molecule has 3 rings (SSSR count). The number of nitrogens with one attached hydrogen (secondary N) is 2. The lowest BCUT2D eigenvalue weighted by molar-refractivity contribution is 0.0697. The second-order valence-electron chi connectivity index (χ2n) is 6.58. The van der Waals surface area contributed by atoms with Gasteiger partial charge in [-0.2, -0.15) is 9.97 Å². The van der Waals surface area contributed by atoms with Gasteiger partial charge in [-0.05, 0) is 24.1 Å². The van der Waals surface area contributed by atoms with Crippen LogP contribution in [0.3, 0.4) is 0 Å². The Balaban J connectivity index is 2.00. The zero-order valence-corrected chi connectivity index (χ0v) is 16.3. The minimum atomic E-state index is -1.11. The van der Waals surface area contributed by atoms with Crippen LogP contribution >= 0.6 is 11.6 Å². The van der Waals surface area contributed by atoms with E-state index in [1.807, 2.05) is 13.8 Å². The number of rotatable bonds is 7. The number of anilines is 3. The Bertz CT molecular complexity index is 1020. The Morgan fingerprint density at radius 1 is 1.32 bits per heavy atom. The van der Waals surface area contributed by atoms with Crippen molar-refractivity contribution in [2.75, 3.05) is 17.2 Å². The number of hydrogen-bond donors (Lipinski definition) is 4. The van der Waals surface area contributed by atoms with E-state index < -0.39 is 5.97 Å². The highest BCUT2D eigenvalue weighted by Gasteiger charge is 2.18. The summed E-state index contributed by atoms with van der Waals surface area (Å²) in [5, 5.41) is 33.0. The Morgan fingerprint density at radius 3 is 2.68 bits per heavy atom. The first-order valence-corrected chi connectivity index (χ1v) is 8.92. The lowest BCUT2D eigenvalue weighted by atomic mass is 10.1. The summed E-state index contributed by atoms with van der Waals surface area (Å²) >= 11 is 6.04. The van der Waals surface area contributed by atoms with Crippen LogP contribution in [0, 0.1) is 5.92 Å². The van der Waals surface area contributed by atoms with E-state index in [1.54, 1.807) is 13.1 Å². The highest BCUT2D eigenvalue weighted by Crippen LogP contribution is 2.27. The summed E-state index contributed by atoms with van der Waals surface area (Å²) in [5.41, 5.74) is 1.48. The Labute approximate surface area is 165 Å². The van der Waals surface area contributed by atoms with Gasteiger partial charge in [-0.1, -0.05) is 30.7 Å². The second-order valence-corrected chi connectivity index (χ2v) is 6.99. The van der Waals surface area contributed by atoms with Crippen LogP contribution in [-0.2, 0) is 7.05 Å². The molecule has 0 aliphatic rings. The first-order chi connectivity index (χ1) is 13.3. The van der Waals surface area contributed by atoms with Gasteiger partial charge >= 0.3 is 5.97 Å². The molecule has 1 atom stereocenters. The predicted molar refractivity (Wildman–Crippen MR) is 105 cm³/mol. The van der Waals surface area contributed by atoms with Gasteiger partial charge in [0, 0.05) is 12.7 Å². The number of aromatic nitrogens is 5. The molecule has 0 aliphatic heterocycles. The van der Waals surface area contributed by atoms with Crippen molar-refractivity contribution in [3.63, 3.8) is 0 Å². The topological polar surface area (TPSA) is 138 Å². The normalized spacial score (nSPS) is 12.4. The number of fused-ring (bicyclic) bond motifs is 1. The van der Waals surface area contributed by atoms with Crippen molar-refractivity contribution in [3.05, 3.63) is 28.8 Å². The molecule has 10 nitrogen and oxygen atoms in total. The molecule has 0 spiro atoms. The van der Waals surface area contributed by atoms with Crippen molar-refractivity contribution in [1.29, 1.82) is 0 Å². The first kappa shape index (κ1) is 19.8. The van der Waals surface area contributed by atoms with Gasteiger partial charge in [0.15, 0.2) is 17.0 Å². The van der Waals surface area contributed by atoms with Crippen molar-refractivity contribution in [3.8, 4) is 0 Å². The molecule has 3 aromatic rings. The number of nitrogens with zero attached hydrogens (tertiary/aromatic N) is 5. The molecular formula is C17H20ClN7O3. The maximum atomic E-state index is 11.1. The third-order valence-electron chi connectivity index (χ3n) is 4.23. The highest BCUT2D eigenvalue weighted by molar-refractivity contribution is 6.33. The van der Waals surface area contributed by atoms with Crippen molar-refractivity contribution in [2.45, 2.75) is 19.9 Å². The largest absolute Gasteiger partial charge is 0.478 e. The van der Waals surface area contributed by atoms with Gasteiger partial charge in [-0.25, -0.2) is 9.48 Å². The van der Waals surface area contributed by atoms with Crippen LogP contribution in [0.2, 0.25) is 5.02 Å². The maximum Gasteiger partial charge on any atom is 0.337 e. The maximum absolute atomic E-state index is 11.1. The molecule has 11 heteroatoms. The van der Waals surface area contributed by atoms with E-state index >= 15 is 0 Å². The van der Waals surface area contributed by atoms with Crippen LogP contribution in [0.25, 0.3) is 11.2 Å². The molecule has 0 aliphatic carbocycles. The smallest absolute Gasteiger partial charge is 0.337 e. The Kier molecular flexibility index (Phi) is 5.61. The van der Waals surface area contributed by atoms with Gasteiger partial charge < -0.3 is 20.8 Å². The number of carboxylic acid groups (broad SMARTS) is 1. The summed E-state index contributed by atoms with van der Waals surface area (Å²) in [6.45, 7) is 3.88. The Morgan fingerprint density at radius 2 is 2.07 bits per heavy atom. The van der Waals surface area contributed by atoms with E-state index in [0.29, 0.717) is 28.6 Å². The molecule has 1 aromatic carbocycles. The Hall–Kier alpha value is -2.98. The molecule has 0 saturated heterocycles. The number of benzene rings is 1. The number of aliphatic hydroxyl groups is 1. The van der Waals surface area contributed by atoms with E-state index in [4.69, 9.17) is 16.7 Å². The van der Waals surface area contributed by atoms with Gasteiger partial charge in [0.2, 0.25) is 5.95 Å². The number of aromatic carboxylic acids is 1. The third kappa shape index (κ3) is 3.97. The summed E-state index contributed by atoms with van der Waals surface area (Å²) < 4.78 is 1.51. The van der Waals surface area contributed by atoms with Gasteiger partial charge in [0.25, 0.3) is 0 Å². The van der Waals surface area contributed by atoms with Crippen LogP contribution in [0.4, 0.5) is 17.5 Å². The zero-order valence-electron chi connectivity index (χ0n) is 15.5. The average Bonchev–Trinajstić information content (AvgIpc) is 3.00. The fraction of sp³-hybridized carbons (Fsp3) is 0.353. The molecule has 0 saturated carbocycles. The number of halogens is 1. The fourth-order valence-electron chi connectivity index (χ4n) is 2.56. The molecule has 2 heterocycles. The molecule has 2 aromatic heterocycles. The molecule has 4 N–H and O–H groups in total. The molecule has 1 unspecified atom stereocenters. The lowest BCUT2D eigenvalue weighted by Crippen LogP contribution is -2.30. The average molecular weight is 406 g/mol. The second kappa shape index (κ2) is 7.95. The van der Waals surface area contributed by atoms with Crippen molar-refractivity contribution >= 4 is 46.2 Å². The van der Waals surface area contributed by atoms with E-state index in [1.165, 1.54) is 16.8 Å². The number of aryl methyl sites for hydroxylation is 1. The molecule has 0 amide bonds. The van der Waals surface area contributed by atoms with Gasteiger partial charge in [0.1, 0.15) is 0 Å². The number of hydrogen-bond acceptors (Lipinski definition) is 8. The van der Waals surface area contributed by atoms with Crippen molar-refractivity contribution in [2.24, 2.45) is 13.0 Å². The minimum Gasteiger partial charge on any atom is -0.478 e. The quantitative estimate of drug-likeness (QED) is 0.466. The molecule has 0 bridgehead atoms. The third-order valence-corrected chi connectivity index (χ3v) is 4.54. The van der Waals surface area contributed by atoms with Crippen LogP contribution in [-0.4, -0.2) is 53.8 Å². The van der Waals surface area contributed by atoms with E-state index in [0.717, 1.165) is 0 Å². The van der Waals surface area contributed by atoms with Crippen molar-refractivity contribution in [1.82, 2.24) is 25.0 Å². The number of carboxylic acids is 1. The fourth-order valence-corrected chi connectivity index (χ4v) is 2.82. The minimum absolute atomic E-state index is 0.00429. The van der Waals surface area contributed by atoms with Crippen LogP contribution in [0.15, 0.2) is 18.2 Å². The summed E-state index contributed by atoms with van der Waals surface area (Å²) in [7, 11) is 1.71. The SMILES string of the molecule is CC(C)C(CO)Nc1nc(Nc2ccc(C(=O)O)c(Cl)c2)c2nnn(C)c2n1. The van der Waals surface area contributed by atoms with Gasteiger partial charge in [0.05, 0.1) is 23.2 Å². The summed E-state index contributed by atoms with van der Waals surface area (Å²) in [6.07, 6.45) is 0. The van der Waals surface area contributed by atoms with E-state index in [2.05, 4.69) is 30.9 Å². The first-order valence-electron chi connectivity index (χ1n) is 8.54. The summed E-state index contributed by atoms with van der Waals surface area (Å²) in [5.74, 6) is -0.264.